The molecule has 0 saturated heterocycles. The molecule has 1 aromatic heterocycles. The molecule has 112 valence electrons. The fourth-order valence-electron chi connectivity index (χ4n) is 2.87. The van der Waals surface area contributed by atoms with Crippen molar-refractivity contribution >= 4 is 17.7 Å². The van der Waals surface area contributed by atoms with Crippen LogP contribution in [0.3, 0.4) is 0 Å². The van der Waals surface area contributed by atoms with E-state index in [1.165, 1.54) is 50.3 Å². The SMILES string of the molecule is CCn1c(CCC2CCCCC2)nnc1SCC(N)=O. The Bertz CT molecular complexity index is 440. The van der Waals surface area contributed by atoms with Crippen molar-refractivity contribution in [3.05, 3.63) is 5.82 Å². The molecule has 1 aliphatic rings. The van der Waals surface area contributed by atoms with Gasteiger partial charge in [0.1, 0.15) is 5.82 Å². The van der Waals surface area contributed by atoms with E-state index in [2.05, 4.69) is 21.7 Å². The van der Waals surface area contributed by atoms with Crippen LogP contribution in [0, 0.1) is 5.92 Å². The summed E-state index contributed by atoms with van der Waals surface area (Å²) < 4.78 is 2.11. The number of carbonyl (C=O) groups excluding carboxylic acids is 1. The topological polar surface area (TPSA) is 73.8 Å². The molecule has 0 atom stereocenters. The van der Waals surface area contributed by atoms with Crippen LogP contribution in [0.4, 0.5) is 0 Å². The first kappa shape index (κ1) is 15.4. The van der Waals surface area contributed by atoms with Crippen LogP contribution in [0.1, 0.15) is 51.3 Å². The minimum absolute atomic E-state index is 0.265. The Morgan fingerprint density at radius 1 is 1.35 bits per heavy atom. The van der Waals surface area contributed by atoms with Crippen molar-refractivity contribution in [3.63, 3.8) is 0 Å². The lowest BCUT2D eigenvalue weighted by Crippen LogP contribution is -2.14. The van der Waals surface area contributed by atoms with Gasteiger partial charge in [0.2, 0.25) is 5.91 Å². The van der Waals surface area contributed by atoms with Crippen molar-refractivity contribution in [2.75, 3.05) is 5.75 Å². The fraction of sp³-hybridized carbons (Fsp3) is 0.786. The van der Waals surface area contributed by atoms with Crippen LogP contribution in [0.2, 0.25) is 0 Å². The van der Waals surface area contributed by atoms with Gasteiger partial charge in [0, 0.05) is 13.0 Å². The van der Waals surface area contributed by atoms with Crippen LogP contribution in [0.25, 0.3) is 0 Å². The molecule has 1 aliphatic carbocycles. The van der Waals surface area contributed by atoms with Crippen LogP contribution in [-0.2, 0) is 17.8 Å². The number of thioether (sulfide) groups is 1. The summed E-state index contributed by atoms with van der Waals surface area (Å²) in [5.74, 6) is 1.85. The summed E-state index contributed by atoms with van der Waals surface area (Å²) >= 11 is 1.38. The largest absolute Gasteiger partial charge is 0.369 e. The summed E-state index contributed by atoms with van der Waals surface area (Å²) in [6.45, 7) is 2.93. The van der Waals surface area contributed by atoms with Crippen molar-refractivity contribution in [1.82, 2.24) is 14.8 Å². The Balaban J connectivity index is 1.91. The number of nitrogens with zero attached hydrogens (tertiary/aromatic N) is 3. The Morgan fingerprint density at radius 3 is 2.75 bits per heavy atom. The summed E-state index contributed by atoms with van der Waals surface area (Å²) in [4.78, 5) is 10.9. The van der Waals surface area contributed by atoms with E-state index in [9.17, 15) is 4.79 Å². The van der Waals surface area contributed by atoms with E-state index in [-0.39, 0.29) is 11.7 Å². The van der Waals surface area contributed by atoms with Gasteiger partial charge in [0.15, 0.2) is 5.16 Å². The van der Waals surface area contributed by atoms with Crippen molar-refractivity contribution in [2.24, 2.45) is 11.7 Å². The van der Waals surface area contributed by atoms with Gasteiger partial charge < -0.3 is 10.3 Å². The first-order valence-electron chi connectivity index (χ1n) is 7.54. The van der Waals surface area contributed by atoms with E-state index in [1.54, 1.807) is 0 Å². The van der Waals surface area contributed by atoms with Crippen LogP contribution >= 0.6 is 11.8 Å². The van der Waals surface area contributed by atoms with Crippen LogP contribution < -0.4 is 5.73 Å². The highest BCUT2D eigenvalue weighted by Crippen LogP contribution is 2.27. The first-order chi connectivity index (χ1) is 9.70. The second-order valence-electron chi connectivity index (χ2n) is 5.44. The van der Waals surface area contributed by atoms with Gasteiger partial charge >= 0.3 is 0 Å². The molecule has 20 heavy (non-hydrogen) atoms. The Labute approximate surface area is 124 Å². The molecular formula is C14H24N4OS. The third-order valence-electron chi connectivity index (χ3n) is 3.95. The lowest BCUT2D eigenvalue weighted by molar-refractivity contribution is -0.115. The average Bonchev–Trinajstić information content (AvgIpc) is 2.86. The van der Waals surface area contributed by atoms with Gasteiger partial charge in [-0.1, -0.05) is 43.9 Å². The van der Waals surface area contributed by atoms with Crippen LogP contribution in [0.5, 0.6) is 0 Å². The third kappa shape index (κ3) is 4.23. The second kappa shape index (κ2) is 7.67. The molecule has 2 N–H and O–H groups in total. The molecule has 1 fully saturated rings. The molecule has 5 nitrogen and oxygen atoms in total. The van der Waals surface area contributed by atoms with Crippen LogP contribution in [-0.4, -0.2) is 26.4 Å². The number of aryl methyl sites for hydroxylation is 1. The van der Waals surface area contributed by atoms with E-state index in [0.29, 0.717) is 0 Å². The maximum Gasteiger partial charge on any atom is 0.227 e. The molecule has 6 heteroatoms. The number of hydrogen-bond acceptors (Lipinski definition) is 4. The average molecular weight is 296 g/mol. The van der Waals surface area contributed by atoms with Crippen LogP contribution in [0.15, 0.2) is 5.16 Å². The van der Waals surface area contributed by atoms with E-state index in [4.69, 9.17) is 5.73 Å². The Morgan fingerprint density at radius 2 is 2.10 bits per heavy atom. The summed E-state index contributed by atoms with van der Waals surface area (Å²) in [6.07, 6.45) is 9.08. The molecule has 0 spiro atoms. The molecule has 1 amide bonds. The lowest BCUT2D eigenvalue weighted by atomic mass is 9.86. The quantitative estimate of drug-likeness (QED) is 0.784. The molecule has 0 aromatic carbocycles. The highest BCUT2D eigenvalue weighted by Gasteiger charge is 2.16. The van der Waals surface area contributed by atoms with Crippen molar-refractivity contribution in [3.8, 4) is 0 Å². The van der Waals surface area contributed by atoms with Gasteiger partial charge in [-0.25, -0.2) is 0 Å². The number of amides is 1. The zero-order valence-corrected chi connectivity index (χ0v) is 13.0. The van der Waals surface area contributed by atoms with Gasteiger partial charge in [0.05, 0.1) is 5.75 Å². The van der Waals surface area contributed by atoms with Crippen molar-refractivity contribution in [2.45, 2.75) is 63.6 Å². The first-order valence-corrected chi connectivity index (χ1v) is 8.52. The number of aromatic nitrogens is 3. The normalized spacial score (nSPS) is 16.4. The number of carbonyl (C=O) groups is 1. The van der Waals surface area contributed by atoms with Gasteiger partial charge in [-0.3, -0.25) is 4.79 Å². The highest BCUT2D eigenvalue weighted by atomic mass is 32.2. The zero-order valence-electron chi connectivity index (χ0n) is 12.2. The minimum Gasteiger partial charge on any atom is -0.369 e. The highest BCUT2D eigenvalue weighted by molar-refractivity contribution is 7.99. The summed E-state index contributed by atoms with van der Waals surface area (Å²) in [6, 6.07) is 0. The molecule has 0 radical (unpaired) electrons. The number of nitrogens with two attached hydrogens (primary N) is 1. The lowest BCUT2D eigenvalue weighted by Gasteiger charge is -2.21. The van der Waals surface area contributed by atoms with E-state index >= 15 is 0 Å². The predicted octanol–water partition coefficient (Wildman–Crippen LogP) is 2.39. The molecule has 1 saturated carbocycles. The molecule has 0 unspecified atom stereocenters. The van der Waals surface area contributed by atoms with E-state index < -0.39 is 0 Å². The molecule has 2 rings (SSSR count). The van der Waals surface area contributed by atoms with Gasteiger partial charge in [-0.05, 0) is 19.3 Å². The minimum atomic E-state index is -0.315. The summed E-state index contributed by atoms with van der Waals surface area (Å²) in [5, 5.41) is 9.29. The van der Waals surface area contributed by atoms with E-state index in [1.807, 2.05) is 0 Å². The maximum atomic E-state index is 10.9. The van der Waals surface area contributed by atoms with Gasteiger partial charge in [0.25, 0.3) is 0 Å². The number of hydrogen-bond donors (Lipinski definition) is 1. The molecule has 0 bridgehead atoms. The molecule has 1 aromatic rings. The van der Waals surface area contributed by atoms with Crippen molar-refractivity contribution in [1.29, 1.82) is 0 Å². The smallest absolute Gasteiger partial charge is 0.227 e. The molecule has 0 aliphatic heterocycles. The maximum absolute atomic E-state index is 10.9. The monoisotopic (exact) mass is 296 g/mol. The van der Waals surface area contributed by atoms with Gasteiger partial charge in [-0.15, -0.1) is 10.2 Å². The molecular weight excluding hydrogens is 272 g/mol. The number of rotatable bonds is 7. The fourth-order valence-corrected chi connectivity index (χ4v) is 3.63. The third-order valence-corrected chi connectivity index (χ3v) is 4.94. The summed E-state index contributed by atoms with van der Waals surface area (Å²) in [5.41, 5.74) is 5.18. The molecule has 1 heterocycles. The Hall–Kier alpha value is -1.04. The predicted molar refractivity (Wildman–Crippen MR) is 80.5 cm³/mol. The second-order valence-corrected chi connectivity index (χ2v) is 6.38. The summed E-state index contributed by atoms with van der Waals surface area (Å²) in [7, 11) is 0. The number of primary amides is 1. The van der Waals surface area contributed by atoms with E-state index in [0.717, 1.165) is 29.9 Å². The van der Waals surface area contributed by atoms with Gasteiger partial charge in [-0.2, -0.15) is 0 Å². The van der Waals surface area contributed by atoms with Crippen molar-refractivity contribution < 1.29 is 4.79 Å². The standard InChI is InChI=1S/C14H24N4OS/c1-2-18-13(9-8-11-6-4-3-5-7-11)16-17-14(18)20-10-12(15)19/h11H,2-10H2,1H3,(H2,15,19). The zero-order chi connectivity index (χ0) is 14.4. The Kier molecular flexibility index (Phi) is 5.88.